The maximum atomic E-state index is 13.8. The molecule has 2 aromatic rings. The summed E-state index contributed by atoms with van der Waals surface area (Å²) >= 11 is 0. The number of carbonyl (C=O) groups is 2. The monoisotopic (exact) mass is 456 g/mol. The van der Waals surface area contributed by atoms with Crippen molar-refractivity contribution in [3.63, 3.8) is 0 Å². The van der Waals surface area contributed by atoms with E-state index in [-0.39, 0.29) is 23.2 Å². The van der Waals surface area contributed by atoms with Crippen LogP contribution in [0.5, 0.6) is 11.5 Å². The van der Waals surface area contributed by atoms with E-state index in [4.69, 9.17) is 14.2 Å². The van der Waals surface area contributed by atoms with E-state index in [9.17, 15) is 14.0 Å². The molecule has 176 valence electrons. The summed E-state index contributed by atoms with van der Waals surface area (Å²) in [5, 5.41) is 2.78. The summed E-state index contributed by atoms with van der Waals surface area (Å²) in [5.74, 6) is 0.0528. The van der Waals surface area contributed by atoms with Crippen molar-refractivity contribution >= 4 is 11.8 Å². The van der Waals surface area contributed by atoms with Crippen LogP contribution in [0.2, 0.25) is 0 Å². The van der Waals surface area contributed by atoms with Gasteiger partial charge in [0.15, 0.2) is 0 Å². The largest absolute Gasteiger partial charge is 0.497 e. The number of piperidine rings is 1. The van der Waals surface area contributed by atoms with Gasteiger partial charge >= 0.3 is 0 Å². The number of likely N-dealkylation sites (tertiary alicyclic amines) is 1. The zero-order valence-electron chi connectivity index (χ0n) is 18.9. The molecule has 1 spiro atoms. The lowest BCUT2D eigenvalue weighted by molar-refractivity contribution is -0.0712. The highest BCUT2D eigenvalue weighted by atomic mass is 19.1. The van der Waals surface area contributed by atoms with Gasteiger partial charge in [0.1, 0.15) is 17.3 Å². The number of hydrogen-bond donors (Lipinski definition) is 1. The van der Waals surface area contributed by atoms with Crippen LogP contribution in [-0.2, 0) is 4.74 Å². The predicted octanol–water partition coefficient (Wildman–Crippen LogP) is 3.43. The van der Waals surface area contributed by atoms with Crippen LogP contribution in [0.1, 0.15) is 46.4 Å². The minimum Gasteiger partial charge on any atom is -0.497 e. The Morgan fingerprint density at radius 1 is 1.09 bits per heavy atom. The van der Waals surface area contributed by atoms with Crippen molar-refractivity contribution in [2.24, 2.45) is 0 Å². The second-order valence-electron chi connectivity index (χ2n) is 8.51. The van der Waals surface area contributed by atoms with Gasteiger partial charge < -0.3 is 24.4 Å². The zero-order valence-corrected chi connectivity index (χ0v) is 18.9. The molecule has 7 nitrogen and oxygen atoms in total. The van der Waals surface area contributed by atoms with Crippen molar-refractivity contribution in [1.29, 1.82) is 0 Å². The van der Waals surface area contributed by atoms with Gasteiger partial charge in [-0.25, -0.2) is 4.39 Å². The molecule has 0 saturated carbocycles. The molecule has 2 fully saturated rings. The van der Waals surface area contributed by atoms with Crippen LogP contribution in [0.25, 0.3) is 0 Å². The van der Waals surface area contributed by atoms with E-state index >= 15 is 0 Å². The summed E-state index contributed by atoms with van der Waals surface area (Å²) in [5.41, 5.74) is 0.224. The van der Waals surface area contributed by atoms with E-state index in [0.717, 1.165) is 25.7 Å². The summed E-state index contributed by atoms with van der Waals surface area (Å²) < 4.78 is 30.8. The number of carbonyl (C=O) groups excluding carboxylic acids is 2. The minimum absolute atomic E-state index is 0.0324. The Balaban J connectivity index is 1.31. The third-order valence-electron chi connectivity index (χ3n) is 6.55. The molecule has 0 unspecified atom stereocenters. The van der Waals surface area contributed by atoms with Gasteiger partial charge in [0, 0.05) is 19.6 Å². The molecule has 33 heavy (non-hydrogen) atoms. The van der Waals surface area contributed by atoms with Gasteiger partial charge in [-0.3, -0.25) is 9.59 Å². The van der Waals surface area contributed by atoms with E-state index in [0.29, 0.717) is 36.7 Å². The molecule has 2 aliphatic rings. The molecule has 2 amide bonds. The number of nitrogens with one attached hydrogen (secondary N) is 1. The Morgan fingerprint density at radius 2 is 1.85 bits per heavy atom. The van der Waals surface area contributed by atoms with Crippen LogP contribution < -0.4 is 14.8 Å². The Bertz CT molecular complexity index is 1020. The van der Waals surface area contributed by atoms with Gasteiger partial charge in [-0.2, -0.15) is 0 Å². The Labute approximate surface area is 192 Å². The first-order valence-corrected chi connectivity index (χ1v) is 11.2. The third kappa shape index (κ3) is 4.95. The first-order chi connectivity index (χ1) is 15.9. The van der Waals surface area contributed by atoms with Gasteiger partial charge in [-0.15, -0.1) is 0 Å². The number of halogens is 1. The molecule has 8 heteroatoms. The van der Waals surface area contributed by atoms with E-state index < -0.39 is 11.7 Å². The molecule has 4 rings (SSSR count). The zero-order chi connectivity index (χ0) is 23.4. The summed E-state index contributed by atoms with van der Waals surface area (Å²) in [4.78, 5) is 27.2. The van der Waals surface area contributed by atoms with Crippen LogP contribution in [0.15, 0.2) is 42.5 Å². The fourth-order valence-corrected chi connectivity index (χ4v) is 4.62. The SMILES string of the molecule is COc1ccc(OC)c(C(=O)N2CCC3(CC[C@H](CNC(=O)c4ccccc4F)O3)CC2)c1. The summed E-state index contributed by atoms with van der Waals surface area (Å²) in [6.07, 6.45) is 3.01. The molecule has 2 heterocycles. The highest BCUT2D eigenvalue weighted by molar-refractivity contribution is 5.97. The molecular formula is C25H29FN2O5. The molecule has 0 aromatic heterocycles. The highest BCUT2D eigenvalue weighted by Gasteiger charge is 2.43. The Morgan fingerprint density at radius 3 is 2.55 bits per heavy atom. The quantitative estimate of drug-likeness (QED) is 0.721. The van der Waals surface area contributed by atoms with Gasteiger partial charge in [0.2, 0.25) is 0 Å². The summed E-state index contributed by atoms with van der Waals surface area (Å²) in [6, 6.07) is 11.1. The minimum atomic E-state index is -0.538. The molecule has 0 bridgehead atoms. The molecule has 1 N–H and O–H groups in total. The van der Waals surface area contributed by atoms with Crippen LogP contribution in [0.4, 0.5) is 4.39 Å². The molecule has 2 aromatic carbocycles. The van der Waals surface area contributed by atoms with Crippen molar-refractivity contribution in [3.8, 4) is 11.5 Å². The number of amides is 2. The number of hydrogen-bond acceptors (Lipinski definition) is 5. The van der Waals surface area contributed by atoms with Crippen molar-refractivity contribution in [2.45, 2.75) is 37.4 Å². The van der Waals surface area contributed by atoms with Gasteiger partial charge in [-0.1, -0.05) is 12.1 Å². The molecule has 0 aliphatic carbocycles. The van der Waals surface area contributed by atoms with Gasteiger partial charge in [0.25, 0.3) is 11.8 Å². The highest BCUT2D eigenvalue weighted by Crippen LogP contribution is 2.39. The standard InChI is InChI=1S/C25H29FN2O5/c1-31-17-7-8-22(32-2)20(15-17)24(30)28-13-11-25(12-14-28)10-9-18(33-25)16-27-23(29)19-5-3-4-6-21(19)26/h3-8,15,18H,9-14,16H2,1-2H3,(H,27,29)/t18-/m1/s1. The lowest BCUT2D eigenvalue weighted by Crippen LogP contribution is -2.47. The van der Waals surface area contributed by atoms with Crippen LogP contribution in [0.3, 0.4) is 0 Å². The lowest BCUT2D eigenvalue weighted by Gasteiger charge is -2.39. The van der Waals surface area contributed by atoms with Crippen LogP contribution >= 0.6 is 0 Å². The first kappa shape index (κ1) is 23.0. The van der Waals surface area contributed by atoms with E-state index in [1.807, 2.05) is 4.90 Å². The van der Waals surface area contributed by atoms with E-state index in [1.165, 1.54) is 12.1 Å². The van der Waals surface area contributed by atoms with Gasteiger partial charge in [0.05, 0.1) is 37.1 Å². The molecule has 2 aliphatic heterocycles. The Hall–Kier alpha value is -3.13. The third-order valence-corrected chi connectivity index (χ3v) is 6.55. The normalized spacial score (nSPS) is 19.4. The van der Waals surface area contributed by atoms with Crippen molar-refractivity contribution < 1.29 is 28.2 Å². The van der Waals surface area contributed by atoms with Crippen molar-refractivity contribution in [1.82, 2.24) is 10.2 Å². The average Bonchev–Trinajstić information content (AvgIpc) is 3.24. The van der Waals surface area contributed by atoms with Crippen LogP contribution in [-0.4, -0.2) is 62.3 Å². The second-order valence-corrected chi connectivity index (χ2v) is 8.51. The number of benzene rings is 2. The smallest absolute Gasteiger partial charge is 0.257 e. The number of rotatable bonds is 6. The maximum absolute atomic E-state index is 13.8. The van der Waals surface area contributed by atoms with E-state index in [1.54, 1.807) is 44.6 Å². The molecular weight excluding hydrogens is 427 g/mol. The topological polar surface area (TPSA) is 77.1 Å². The molecule has 2 saturated heterocycles. The van der Waals surface area contributed by atoms with Crippen LogP contribution in [0, 0.1) is 5.82 Å². The molecule has 1 atom stereocenters. The number of nitrogens with zero attached hydrogens (tertiary/aromatic N) is 1. The van der Waals surface area contributed by atoms with Gasteiger partial charge in [-0.05, 0) is 56.0 Å². The number of ether oxygens (including phenoxy) is 3. The second kappa shape index (κ2) is 9.79. The summed E-state index contributed by atoms with van der Waals surface area (Å²) in [6.45, 7) is 1.49. The predicted molar refractivity (Wildman–Crippen MR) is 120 cm³/mol. The number of methoxy groups -OCH3 is 2. The van der Waals surface area contributed by atoms with Crippen molar-refractivity contribution in [2.75, 3.05) is 33.9 Å². The fraction of sp³-hybridized carbons (Fsp3) is 0.440. The summed E-state index contributed by atoms with van der Waals surface area (Å²) in [7, 11) is 3.11. The maximum Gasteiger partial charge on any atom is 0.257 e. The Kier molecular flexibility index (Phi) is 6.83. The average molecular weight is 457 g/mol. The van der Waals surface area contributed by atoms with E-state index in [2.05, 4.69) is 5.32 Å². The fourth-order valence-electron chi connectivity index (χ4n) is 4.62. The lowest BCUT2D eigenvalue weighted by atomic mass is 9.88. The first-order valence-electron chi connectivity index (χ1n) is 11.2. The van der Waals surface area contributed by atoms with Crippen molar-refractivity contribution in [3.05, 3.63) is 59.4 Å². The molecule has 0 radical (unpaired) electrons.